The smallest absolute Gasteiger partial charge is 0.271 e. The van der Waals surface area contributed by atoms with Gasteiger partial charge in [0.2, 0.25) is 0 Å². The van der Waals surface area contributed by atoms with Crippen LogP contribution in [0.2, 0.25) is 0 Å². The Bertz CT molecular complexity index is 395. The van der Waals surface area contributed by atoms with E-state index in [0.29, 0.717) is 12.2 Å². The van der Waals surface area contributed by atoms with Crippen LogP contribution in [0.1, 0.15) is 16.2 Å². The van der Waals surface area contributed by atoms with Gasteiger partial charge in [0.15, 0.2) is 0 Å². The van der Waals surface area contributed by atoms with Crippen molar-refractivity contribution in [2.24, 2.45) is 7.05 Å². The van der Waals surface area contributed by atoms with E-state index in [0.717, 1.165) is 38.4 Å². The Morgan fingerprint density at radius 1 is 1.47 bits per heavy atom. The Labute approximate surface area is 119 Å². The molecular weight excluding hydrogens is 266 g/mol. The molecule has 1 amide bonds. The number of nitrogens with zero attached hydrogens (tertiary/aromatic N) is 3. The standard InChI is InChI=1S/C12H21N5O.ClH/c1-10-9-11(15-16(10)2)12(18)14-5-8-17-6-3-13-4-7-17;/h9,13H,3-8H2,1-2H3,(H,14,18);1H. The van der Waals surface area contributed by atoms with Crippen molar-refractivity contribution in [1.82, 2.24) is 25.3 Å². The number of nitrogens with one attached hydrogen (secondary N) is 2. The van der Waals surface area contributed by atoms with E-state index >= 15 is 0 Å². The monoisotopic (exact) mass is 287 g/mol. The van der Waals surface area contributed by atoms with Gasteiger partial charge in [-0.05, 0) is 13.0 Å². The Hall–Kier alpha value is -1.11. The summed E-state index contributed by atoms with van der Waals surface area (Å²) in [6.45, 7) is 7.69. The summed E-state index contributed by atoms with van der Waals surface area (Å²) in [7, 11) is 1.84. The van der Waals surface area contributed by atoms with Crippen molar-refractivity contribution in [2.45, 2.75) is 6.92 Å². The minimum absolute atomic E-state index is 0. The number of aryl methyl sites for hydroxylation is 2. The first-order chi connectivity index (χ1) is 8.66. The highest BCUT2D eigenvalue weighted by Gasteiger charge is 2.12. The fraction of sp³-hybridized carbons (Fsp3) is 0.667. The molecule has 7 heteroatoms. The Balaban J connectivity index is 0.00000180. The molecule has 0 spiro atoms. The molecule has 1 saturated heterocycles. The van der Waals surface area contributed by atoms with E-state index in [4.69, 9.17) is 0 Å². The summed E-state index contributed by atoms with van der Waals surface area (Å²) >= 11 is 0. The zero-order chi connectivity index (χ0) is 13.0. The summed E-state index contributed by atoms with van der Waals surface area (Å²) in [5, 5.41) is 10.4. The van der Waals surface area contributed by atoms with Gasteiger partial charge in [-0.25, -0.2) is 0 Å². The summed E-state index contributed by atoms with van der Waals surface area (Å²) in [6, 6.07) is 1.81. The minimum atomic E-state index is -0.0890. The Kier molecular flexibility index (Phi) is 6.27. The fourth-order valence-electron chi connectivity index (χ4n) is 2.02. The van der Waals surface area contributed by atoms with Gasteiger partial charge in [0, 0.05) is 52.0 Å². The van der Waals surface area contributed by atoms with Crippen LogP contribution in [0.15, 0.2) is 6.07 Å². The number of aromatic nitrogens is 2. The second-order valence-corrected chi connectivity index (χ2v) is 4.64. The Morgan fingerprint density at radius 2 is 2.16 bits per heavy atom. The van der Waals surface area contributed by atoms with Gasteiger partial charge in [-0.2, -0.15) is 5.10 Å². The van der Waals surface area contributed by atoms with Gasteiger partial charge in [0.1, 0.15) is 5.69 Å². The lowest BCUT2D eigenvalue weighted by Gasteiger charge is -2.26. The van der Waals surface area contributed by atoms with Crippen LogP contribution in [-0.4, -0.2) is 59.9 Å². The Morgan fingerprint density at radius 3 is 2.74 bits per heavy atom. The van der Waals surface area contributed by atoms with Crippen LogP contribution >= 0.6 is 12.4 Å². The highest BCUT2D eigenvalue weighted by molar-refractivity contribution is 5.92. The zero-order valence-electron chi connectivity index (χ0n) is 11.5. The number of hydrogen-bond donors (Lipinski definition) is 2. The second-order valence-electron chi connectivity index (χ2n) is 4.64. The van der Waals surface area contributed by atoms with E-state index < -0.39 is 0 Å². The largest absolute Gasteiger partial charge is 0.349 e. The fourth-order valence-corrected chi connectivity index (χ4v) is 2.02. The number of piperazine rings is 1. The van der Waals surface area contributed by atoms with E-state index in [-0.39, 0.29) is 18.3 Å². The van der Waals surface area contributed by atoms with E-state index in [1.807, 2.05) is 14.0 Å². The molecule has 1 aromatic rings. The summed E-state index contributed by atoms with van der Waals surface area (Å²) in [6.07, 6.45) is 0. The molecule has 1 fully saturated rings. The van der Waals surface area contributed by atoms with Crippen LogP contribution in [0.25, 0.3) is 0 Å². The van der Waals surface area contributed by atoms with Crippen molar-refractivity contribution in [1.29, 1.82) is 0 Å². The molecule has 0 bridgehead atoms. The number of amides is 1. The van der Waals surface area contributed by atoms with Crippen LogP contribution in [0.4, 0.5) is 0 Å². The maximum absolute atomic E-state index is 11.8. The molecule has 2 rings (SSSR count). The average molecular weight is 288 g/mol. The highest BCUT2D eigenvalue weighted by Crippen LogP contribution is 2.00. The molecule has 1 aromatic heterocycles. The van der Waals surface area contributed by atoms with E-state index in [2.05, 4.69) is 20.6 Å². The maximum atomic E-state index is 11.8. The third-order valence-electron chi connectivity index (χ3n) is 3.27. The molecule has 1 aliphatic heterocycles. The topological polar surface area (TPSA) is 62.2 Å². The molecular formula is C12H22ClN5O. The van der Waals surface area contributed by atoms with Gasteiger partial charge >= 0.3 is 0 Å². The molecule has 0 aliphatic carbocycles. The summed E-state index contributed by atoms with van der Waals surface area (Å²) < 4.78 is 1.71. The van der Waals surface area contributed by atoms with Gasteiger partial charge in [0.05, 0.1) is 0 Å². The van der Waals surface area contributed by atoms with Gasteiger partial charge in [-0.15, -0.1) is 12.4 Å². The number of rotatable bonds is 4. The first kappa shape index (κ1) is 15.9. The molecule has 2 heterocycles. The van der Waals surface area contributed by atoms with Gasteiger partial charge < -0.3 is 10.6 Å². The van der Waals surface area contributed by atoms with Gasteiger partial charge in [-0.1, -0.05) is 0 Å². The molecule has 19 heavy (non-hydrogen) atoms. The molecule has 2 N–H and O–H groups in total. The molecule has 1 aliphatic rings. The van der Waals surface area contributed by atoms with Crippen molar-refractivity contribution < 1.29 is 4.79 Å². The lowest BCUT2D eigenvalue weighted by molar-refractivity contribution is 0.0941. The predicted molar refractivity (Wildman–Crippen MR) is 76.8 cm³/mol. The molecule has 0 aromatic carbocycles. The van der Waals surface area contributed by atoms with Crippen LogP contribution in [-0.2, 0) is 7.05 Å². The van der Waals surface area contributed by atoms with Crippen molar-refractivity contribution in [3.05, 3.63) is 17.5 Å². The normalized spacial score (nSPS) is 15.9. The van der Waals surface area contributed by atoms with Crippen molar-refractivity contribution >= 4 is 18.3 Å². The first-order valence-electron chi connectivity index (χ1n) is 6.39. The minimum Gasteiger partial charge on any atom is -0.349 e. The van der Waals surface area contributed by atoms with Crippen molar-refractivity contribution in [3.8, 4) is 0 Å². The lowest BCUT2D eigenvalue weighted by Crippen LogP contribution is -2.46. The third-order valence-corrected chi connectivity index (χ3v) is 3.27. The summed E-state index contributed by atoms with van der Waals surface area (Å²) in [5.74, 6) is -0.0890. The number of hydrogen-bond acceptors (Lipinski definition) is 4. The molecule has 108 valence electrons. The quantitative estimate of drug-likeness (QED) is 0.804. The predicted octanol–water partition coefficient (Wildman–Crippen LogP) is -0.215. The molecule has 0 atom stereocenters. The molecule has 0 radical (unpaired) electrons. The van der Waals surface area contributed by atoms with Gasteiger partial charge in [-0.3, -0.25) is 14.4 Å². The van der Waals surface area contributed by atoms with E-state index in [9.17, 15) is 4.79 Å². The van der Waals surface area contributed by atoms with E-state index in [1.54, 1.807) is 10.7 Å². The van der Waals surface area contributed by atoms with Crippen LogP contribution in [0.3, 0.4) is 0 Å². The van der Waals surface area contributed by atoms with Crippen molar-refractivity contribution in [2.75, 3.05) is 39.3 Å². The third kappa shape index (κ3) is 4.49. The summed E-state index contributed by atoms with van der Waals surface area (Å²) in [5.41, 5.74) is 1.48. The SMILES string of the molecule is Cc1cc(C(=O)NCCN2CCNCC2)nn1C.Cl. The summed E-state index contributed by atoms with van der Waals surface area (Å²) in [4.78, 5) is 14.2. The number of carbonyl (C=O) groups is 1. The molecule has 0 unspecified atom stereocenters. The van der Waals surface area contributed by atoms with Crippen LogP contribution in [0, 0.1) is 6.92 Å². The van der Waals surface area contributed by atoms with E-state index in [1.165, 1.54) is 0 Å². The number of carbonyl (C=O) groups excluding carboxylic acids is 1. The second kappa shape index (κ2) is 7.47. The average Bonchev–Trinajstić information content (AvgIpc) is 2.71. The lowest BCUT2D eigenvalue weighted by atomic mass is 10.3. The molecule has 0 saturated carbocycles. The maximum Gasteiger partial charge on any atom is 0.271 e. The van der Waals surface area contributed by atoms with Crippen LogP contribution in [0.5, 0.6) is 0 Å². The van der Waals surface area contributed by atoms with Crippen molar-refractivity contribution in [3.63, 3.8) is 0 Å². The number of halogens is 1. The molecule has 6 nitrogen and oxygen atoms in total. The zero-order valence-corrected chi connectivity index (χ0v) is 12.3. The first-order valence-corrected chi connectivity index (χ1v) is 6.39. The van der Waals surface area contributed by atoms with Gasteiger partial charge in [0.25, 0.3) is 5.91 Å². The van der Waals surface area contributed by atoms with Crippen LogP contribution < -0.4 is 10.6 Å². The highest BCUT2D eigenvalue weighted by atomic mass is 35.5.